The van der Waals surface area contributed by atoms with Crippen LogP contribution in [0, 0.1) is 0 Å². The van der Waals surface area contributed by atoms with Crippen LogP contribution in [0.25, 0.3) is 0 Å². The van der Waals surface area contributed by atoms with Crippen molar-refractivity contribution in [3.05, 3.63) is 60.2 Å². The number of benzene rings is 2. The Morgan fingerprint density at radius 3 is 2.57 bits per heavy atom. The molecule has 0 spiro atoms. The molecule has 2 aliphatic rings. The number of amidine groups is 1. The summed E-state index contributed by atoms with van der Waals surface area (Å²) in [6, 6.07) is 17.9. The van der Waals surface area contributed by atoms with E-state index < -0.39 is 0 Å². The van der Waals surface area contributed by atoms with Crippen LogP contribution in [0.5, 0.6) is 0 Å². The van der Waals surface area contributed by atoms with Gasteiger partial charge in [-0.25, -0.2) is 0 Å². The monoisotopic (exact) mass is 277 g/mol. The molecule has 0 aromatic heterocycles. The molecule has 0 unspecified atom stereocenters. The number of hydrazone groups is 1. The Hall–Kier alpha value is -2.62. The zero-order chi connectivity index (χ0) is 14.2. The fourth-order valence-corrected chi connectivity index (χ4v) is 2.94. The first-order chi connectivity index (χ1) is 10.3. The zero-order valence-electron chi connectivity index (χ0n) is 11.6. The van der Waals surface area contributed by atoms with Gasteiger partial charge < -0.3 is 4.90 Å². The maximum absolute atomic E-state index is 12.2. The summed E-state index contributed by atoms with van der Waals surface area (Å²) >= 11 is 0. The van der Waals surface area contributed by atoms with Crippen LogP contribution in [0.4, 0.5) is 11.4 Å². The number of anilines is 2. The van der Waals surface area contributed by atoms with Gasteiger partial charge in [-0.05, 0) is 30.2 Å². The molecule has 2 heterocycles. The maximum atomic E-state index is 12.2. The molecule has 0 bridgehead atoms. The minimum atomic E-state index is 0.0283. The largest absolute Gasteiger partial charge is 0.327 e. The molecule has 2 aliphatic heterocycles. The van der Waals surface area contributed by atoms with Crippen LogP contribution in [-0.4, -0.2) is 18.3 Å². The van der Waals surface area contributed by atoms with Gasteiger partial charge in [0.15, 0.2) is 0 Å². The van der Waals surface area contributed by atoms with Crippen molar-refractivity contribution in [3.63, 3.8) is 0 Å². The van der Waals surface area contributed by atoms with E-state index in [1.165, 1.54) is 16.3 Å². The molecular formula is C17H15N3O. The number of nitrogens with zero attached hydrogens (tertiary/aromatic N) is 3. The van der Waals surface area contributed by atoms with E-state index in [0.717, 1.165) is 24.5 Å². The summed E-state index contributed by atoms with van der Waals surface area (Å²) in [6.45, 7) is 0.897. The van der Waals surface area contributed by atoms with Crippen molar-refractivity contribution in [1.82, 2.24) is 0 Å². The third-order valence-corrected chi connectivity index (χ3v) is 3.96. The van der Waals surface area contributed by atoms with E-state index in [9.17, 15) is 4.79 Å². The molecule has 4 heteroatoms. The molecule has 21 heavy (non-hydrogen) atoms. The predicted molar refractivity (Wildman–Crippen MR) is 83.5 cm³/mol. The lowest BCUT2D eigenvalue weighted by Gasteiger charge is -2.17. The first-order valence-corrected chi connectivity index (χ1v) is 7.14. The number of rotatable bonds is 1. The van der Waals surface area contributed by atoms with Gasteiger partial charge in [-0.2, -0.15) is 10.1 Å². The van der Waals surface area contributed by atoms with Crippen LogP contribution in [0.2, 0.25) is 0 Å². The van der Waals surface area contributed by atoms with Gasteiger partial charge in [0, 0.05) is 12.2 Å². The molecular weight excluding hydrogens is 262 g/mol. The Bertz CT molecular complexity index is 724. The number of fused-ring (bicyclic) bond motifs is 1. The molecule has 0 aliphatic carbocycles. The van der Waals surface area contributed by atoms with Crippen molar-refractivity contribution in [1.29, 1.82) is 0 Å². The summed E-state index contributed by atoms with van der Waals surface area (Å²) in [5.41, 5.74) is 3.33. The van der Waals surface area contributed by atoms with Gasteiger partial charge in [-0.1, -0.05) is 36.4 Å². The van der Waals surface area contributed by atoms with E-state index in [1.807, 2.05) is 36.4 Å². The molecule has 1 amide bonds. The lowest BCUT2D eigenvalue weighted by atomic mass is 10.2. The number of hydrogen-bond acceptors (Lipinski definition) is 3. The normalized spacial score (nSPS) is 17.1. The Morgan fingerprint density at radius 1 is 0.952 bits per heavy atom. The van der Waals surface area contributed by atoms with Crippen molar-refractivity contribution in [2.75, 3.05) is 16.5 Å². The van der Waals surface area contributed by atoms with Gasteiger partial charge in [0.05, 0.1) is 12.1 Å². The first kappa shape index (κ1) is 12.1. The second-order valence-corrected chi connectivity index (χ2v) is 5.26. The summed E-state index contributed by atoms with van der Waals surface area (Å²) in [4.78, 5) is 14.4. The quantitative estimate of drug-likeness (QED) is 0.803. The summed E-state index contributed by atoms with van der Waals surface area (Å²) in [5.74, 6) is 0.870. The van der Waals surface area contributed by atoms with Gasteiger partial charge in [-0.15, -0.1) is 0 Å². The van der Waals surface area contributed by atoms with Crippen molar-refractivity contribution >= 4 is 23.1 Å². The molecule has 4 rings (SSSR count). The van der Waals surface area contributed by atoms with Crippen molar-refractivity contribution in [2.24, 2.45) is 5.10 Å². The number of para-hydroxylation sites is 2. The molecule has 0 radical (unpaired) electrons. The van der Waals surface area contributed by atoms with E-state index >= 15 is 0 Å². The zero-order valence-corrected chi connectivity index (χ0v) is 11.6. The Balaban J connectivity index is 1.67. The highest BCUT2D eigenvalue weighted by molar-refractivity contribution is 6.17. The molecule has 0 atom stereocenters. The number of carbonyl (C=O) groups excluding carboxylic acids is 1. The van der Waals surface area contributed by atoms with E-state index in [1.54, 1.807) is 0 Å². The van der Waals surface area contributed by atoms with E-state index in [2.05, 4.69) is 28.2 Å². The molecule has 0 N–H and O–H groups in total. The van der Waals surface area contributed by atoms with Crippen LogP contribution in [0.15, 0.2) is 59.7 Å². The van der Waals surface area contributed by atoms with Crippen LogP contribution in [0.1, 0.15) is 12.0 Å². The van der Waals surface area contributed by atoms with Crippen LogP contribution >= 0.6 is 0 Å². The number of hydrogen-bond donors (Lipinski definition) is 0. The van der Waals surface area contributed by atoms with Gasteiger partial charge >= 0.3 is 0 Å². The van der Waals surface area contributed by atoms with Crippen molar-refractivity contribution in [2.45, 2.75) is 12.8 Å². The lowest BCUT2D eigenvalue weighted by Crippen LogP contribution is -2.27. The van der Waals surface area contributed by atoms with E-state index in [-0.39, 0.29) is 5.91 Å². The summed E-state index contributed by atoms with van der Waals surface area (Å²) in [5, 5.41) is 6.06. The second-order valence-electron chi connectivity index (χ2n) is 5.26. The van der Waals surface area contributed by atoms with Gasteiger partial charge in [-0.3, -0.25) is 4.79 Å². The third kappa shape index (κ3) is 2.00. The molecule has 0 saturated carbocycles. The maximum Gasteiger partial charge on any atom is 0.255 e. The average molecular weight is 277 g/mol. The second kappa shape index (κ2) is 4.74. The number of carbonyl (C=O) groups is 1. The summed E-state index contributed by atoms with van der Waals surface area (Å²) in [7, 11) is 0. The smallest absolute Gasteiger partial charge is 0.255 e. The standard InChI is InChI=1S/C17H15N3O/c21-17-12-16(18-20(17)14-7-2-1-3-8-14)19-11-10-13-6-4-5-9-15(13)19/h1-9H,10-12H2. The van der Waals surface area contributed by atoms with Crippen molar-refractivity contribution < 1.29 is 4.79 Å². The minimum Gasteiger partial charge on any atom is -0.327 e. The number of amides is 1. The van der Waals surface area contributed by atoms with E-state index in [0.29, 0.717) is 6.42 Å². The molecule has 0 saturated heterocycles. The summed E-state index contributed by atoms with van der Waals surface area (Å²) < 4.78 is 0. The van der Waals surface area contributed by atoms with E-state index in [4.69, 9.17) is 0 Å². The van der Waals surface area contributed by atoms with Crippen LogP contribution in [0.3, 0.4) is 0 Å². The SMILES string of the molecule is O=C1CC(N2CCc3ccccc32)=NN1c1ccccc1. The average Bonchev–Trinajstić information content (AvgIpc) is 3.11. The Labute approximate surface area is 123 Å². The van der Waals surface area contributed by atoms with Crippen molar-refractivity contribution in [3.8, 4) is 0 Å². The molecule has 4 nitrogen and oxygen atoms in total. The van der Waals surface area contributed by atoms with Gasteiger partial charge in [0.25, 0.3) is 5.91 Å². The fourth-order valence-electron chi connectivity index (χ4n) is 2.94. The molecule has 104 valence electrons. The van der Waals surface area contributed by atoms with Gasteiger partial charge in [0.1, 0.15) is 5.84 Å². The first-order valence-electron chi connectivity index (χ1n) is 7.14. The van der Waals surface area contributed by atoms with Crippen LogP contribution < -0.4 is 9.91 Å². The lowest BCUT2D eigenvalue weighted by molar-refractivity contribution is -0.116. The fraction of sp³-hybridized carbons (Fsp3) is 0.176. The third-order valence-electron chi connectivity index (χ3n) is 3.96. The molecule has 2 aromatic rings. The highest BCUT2D eigenvalue weighted by Crippen LogP contribution is 2.31. The summed E-state index contributed by atoms with van der Waals surface area (Å²) in [6.07, 6.45) is 1.37. The highest BCUT2D eigenvalue weighted by Gasteiger charge is 2.31. The topological polar surface area (TPSA) is 35.9 Å². The Kier molecular flexibility index (Phi) is 2.74. The van der Waals surface area contributed by atoms with Gasteiger partial charge in [0.2, 0.25) is 0 Å². The Morgan fingerprint density at radius 2 is 1.71 bits per heavy atom. The highest BCUT2D eigenvalue weighted by atomic mass is 16.2. The molecule has 0 fully saturated rings. The minimum absolute atomic E-state index is 0.0283. The van der Waals surface area contributed by atoms with Crippen LogP contribution in [-0.2, 0) is 11.2 Å². The predicted octanol–water partition coefficient (Wildman–Crippen LogP) is 2.80. The molecule has 2 aromatic carbocycles.